The SMILES string of the molecule is CCCCc1nnc(NC(=O)C(C#N)=Cc2cccn2-c2ccc([N+](=O)[O-])cc2C)s1. The molecule has 1 amide bonds. The lowest BCUT2D eigenvalue weighted by Crippen LogP contribution is -2.13. The van der Waals surface area contributed by atoms with Gasteiger partial charge in [0.15, 0.2) is 0 Å². The summed E-state index contributed by atoms with van der Waals surface area (Å²) in [5.74, 6) is -0.575. The number of carbonyl (C=O) groups is 1. The normalized spacial score (nSPS) is 11.2. The highest BCUT2D eigenvalue weighted by Gasteiger charge is 2.15. The summed E-state index contributed by atoms with van der Waals surface area (Å²) >= 11 is 1.29. The van der Waals surface area contributed by atoms with Crippen molar-refractivity contribution in [3.8, 4) is 11.8 Å². The largest absolute Gasteiger partial charge is 0.317 e. The molecule has 3 aromatic rings. The molecule has 2 heterocycles. The van der Waals surface area contributed by atoms with E-state index in [0.717, 1.165) is 24.3 Å². The number of aromatic nitrogens is 3. The summed E-state index contributed by atoms with van der Waals surface area (Å²) in [6.45, 7) is 3.85. The number of nitriles is 1. The fourth-order valence-corrected chi connectivity index (χ4v) is 3.73. The number of non-ortho nitro benzene ring substituents is 1. The number of carbonyl (C=O) groups excluding carboxylic acids is 1. The van der Waals surface area contributed by atoms with Gasteiger partial charge >= 0.3 is 0 Å². The van der Waals surface area contributed by atoms with Gasteiger partial charge in [0.2, 0.25) is 5.13 Å². The maximum Gasteiger partial charge on any atom is 0.269 e. The Bertz CT molecular complexity index is 1190. The number of amides is 1. The lowest BCUT2D eigenvalue weighted by Gasteiger charge is -2.10. The molecule has 2 aromatic heterocycles. The van der Waals surface area contributed by atoms with Gasteiger partial charge < -0.3 is 4.57 Å². The van der Waals surface area contributed by atoms with Crippen molar-refractivity contribution < 1.29 is 9.72 Å². The molecule has 10 heteroatoms. The minimum absolute atomic E-state index is 0.00190. The average molecular weight is 436 g/mol. The molecule has 9 nitrogen and oxygen atoms in total. The van der Waals surface area contributed by atoms with Crippen LogP contribution in [-0.4, -0.2) is 25.6 Å². The van der Waals surface area contributed by atoms with Gasteiger partial charge in [-0.1, -0.05) is 24.7 Å². The number of nitro groups is 1. The first-order valence-corrected chi connectivity index (χ1v) is 10.4. The van der Waals surface area contributed by atoms with Crippen LogP contribution >= 0.6 is 11.3 Å². The van der Waals surface area contributed by atoms with E-state index >= 15 is 0 Å². The van der Waals surface area contributed by atoms with Crippen molar-refractivity contribution >= 4 is 34.1 Å². The van der Waals surface area contributed by atoms with E-state index in [9.17, 15) is 20.2 Å². The first-order chi connectivity index (χ1) is 14.9. The summed E-state index contributed by atoms with van der Waals surface area (Å²) < 4.78 is 1.76. The first-order valence-electron chi connectivity index (χ1n) is 9.61. The Labute approximate surface area is 182 Å². The third-order valence-electron chi connectivity index (χ3n) is 4.52. The van der Waals surface area contributed by atoms with E-state index in [2.05, 4.69) is 22.4 Å². The molecule has 3 rings (SSSR count). The predicted molar refractivity (Wildman–Crippen MR) is 118 cm³/mol. The second kappa shape index (κ2) is 9.77. The molecule has 0 fully saturated rings. The van der Waals surface area contributed by atoms with Crippen molar-refractivity contribution in [1.82, 2.24) is 14.8 Å². The summed E-state index contributed by atoms with van der Waals surface area (Å²) in [5, 5.41) is 32.3. The Morgan fingerprint density at radius 2 is 2.19 bits per heavy atom. The highest BCUT2D eigenvalue weighted by molar-refractivity contribution is 7.15. The fraction of sp³-hybridized carbons (Fsp3) is 0.238. The van der Waals surface area contributed by atoms with Crippen LogP contribution in [0.3, 0.4) is 0 Å². The molecule has 0 saturated heterocycles. The van der Waals surface area contributed by atoms with Crippen LogP contribution in [-0.2, 0) is 11.2 Å². The number of anilines is 1. The molecule has 1 aromatic carbocycles. The standard InChI is InChI=1S/C21H20N6O3S/c1-3-4-7-19-24-25-21(31-19)23-20(28)15(13-22)12-16-6-5-10-26(16)18-9-8-17(27(29)30)11-14(18)2/h5-6,8-12H,3-4,7H2,1-2H3,(H,23,25,28). The second-order valence-electron chi connectivity index (χ2n) is 6.76. The van der Waals surface area contributed by atoms with Crippen LogP contribution in [0.2, 0.25) is 0 Å². The van der Waals surface area contributed by atoms with Gasteiger partial charge in [-0.25, -0.2) is 0 Å². The molecule has 0 atom stereocenters. The summed E-state index contributed by atoms with van der Waals surface area (Å²) in [7, 11) is 0. The molecule has 0 aliphatic carbocycles. The Morgan fingerprint density at radius 3 is 2.87 bits per heavy atom. The first kappa shape index (κ1) is 21.9. The Hall–Kier alpha value is -3.84. The van der Waals surface area contributed by atoms with E-state index in [1.165, 1.54) is 29.5 Å². The number of unbranched alkanes of at least 4 members (excludes halogenated alkanes) is 1. The zero-order valence-corrected chi connectivity index (χ0v) is 17.8. The third kappa shape index (κ3) is 5.21. The summed E-state index contributed by atoms with van der Waals surface area (Å²) in [5.41, 5.74) is 1.90. The van der Waals surface area contributed by atoms with Crippen molar-refractivity contribution in [1.29, 1.82) is 5.26 Å². The van der Waals surface area contributed by atoms with E-state index in [4.69, 9.17) is 0 Å². The molecular formula is C21H20N6O3S. The number of nitro benzene ring substituents is 1. The van der Waals surface area contributed by atoms with E-state index < -0.39 is 10.8 Å². The van der Waals surface area contributed by atoms with Crippen LogP contribution in [0.5, 0.6) is 0 Å². The van der Waals surface area contributed by atoms with Crippen molar-refractivity contribution in [2.45, 2.75) is 33.1 Å². The van der Waals surface area contributed by atoms with Gasteiger partial charge in [0.25, 0.3) is 11.6 Å². The Kier molecular flexibility index (Phi) is 6.89. The van der Waals surface area contributed by atoms with E-state index in [-0.39, 0.29) is 11.3 Å². The number of nitrogens with one attached hydrogen (secondary N) is 1. The molecule has 0 radical (unpaired) electrons. The Balaban J connectivity index is 1.83. The average Bonchev–Trinajstić information content (AvgIpc) is 3.39. The van der Waals surface area contributed by atoms with Gasteiger partial charge in [-0.15, -0.1) is 10.2 Å². The van der Waals surface area contributed by atoms with Crippen molar-refractivity contribution in [3.05, 3.63) is 68.5 Å². The monoisotopic (exact) mass is 436 g/mol. The smallest absolute Gasteiger partial charge is 0.269 e. The number of rotatable bonds is 8. The number of hydrogen-bond donors (Lipinski definition) is 1. The third-order valence-corrected chi connectivity index (χ3v) is 5.42. The number of nitrogens with zero attached hydrogens (tertiary/aromatic N) is 5. The molecular weight excluding hydrogens is 416 g/mol. The van der Waals surface area contributed by atoms with Crippen LogP contribution in [0.25, 0.3) is 11.8 Å². The highest BCUT2D eigenvalue weighted by atomic mass is 32.1. The maximum atomic E-state index is 12.6. The fourth-order valence-electron chi connectivity index (χ4n) is 2.95. The molecule has 158 valence electrons. The number of aryl methyl sites for hydroxylation is 2. The lowest BCUT2D eigenvalue weighted by atomic mass is 10.1. The molecule has 0 spiro atoms. The van der Waals surface area contributed by atoms with Crippen LogP contribution in [0, 0.1) is 28.4 Å². The zero-order chi connectivity index (χ0) is 22.4. The maximum absolute atomic E-state index is 12.6. The van der Waals surface area contributed by atoms with Crippen LogP contribution in [0.1, 0.15) is 36.0 Å². The number of hydrogen-bond acceptors (Lipinski definition) is 7. The van der Waals surface area contributed by atoms with E-state index in [0.29, 0.717) is 22.1 Å². The molecule has 0 aliphatic heterocycles. The quantitative estimate of drug-likeness (QED) is 0.241. The van der Waals surface area contributed by atoms with Crippen LogP contribution in [0.4, 0.5) is 10.8 Å². The summed E-state index contributed by atoms with van der Waals surface area (Å²) in [6, 6.07) is 9.97. The molecule has 0 bridgehead atoms. The minimum Gasteiger partial charge on any atom is -0.317 e. The summed E-state index contributed by atoms with van der Waals surface area (Å²) in [4.78, 5) is 23.1. The molecule has 0 unspecified atom stereocenters. The van der Waals surface area contributed by atoms with Gasteiger partial charge in [0, 0.05) is 36.1 Å². The van der Waals surface area contributed by atoms with Gasteiger partial charge in [0.05, 0.1) is 4.92 Å². The van der Waals surface area contributed by atoms with Crippen molar-refractivity contribution in [2.75, 3.05) is 5.32 Å². The van der Waals surface area contributed by atoms with Crippen molar-refractivity contribution in [3.63, 3.8) is 0 Å². The van der Waals surface area contributed by atoms with Gasteiger partial charge in [-0.2, -0.15) is 5.26 Å². The highest BCUT2D eigenvalue weighted by Crippen LogP contribution is 2.24. The van der Waals surface area contributed by atoms with Crippen LogP contribution in [0.15, 0.2) is 42.1 Å². The molecule has 0 aliphatic rings. The molecule has 1 N–H and O–H groups in total. The minimum atomic E-state index is -0.575. The van der Waals surface area contributed by atoms with Gasteiger partial charge in [-0.3, -0.25) is 20.2 Å². The molecule has 31 heavy (non-hydrogen) atoms. The van der Waals surface area contributed by atoms with Gasteiger partial charge in [-0.05, 0) is 43.2 Å². The van der Waals surface area contributed by atoms with Gasteiger partial charge in [0.1, 0.15) is 16.6 Å². The topological polar surface area (TPSA) is 127 Å². The van der Waals surface area contributed by atoms with E-state index in [1.807, 2.05) is 6.07 Å². The van der Waals surface area contributed by atoms with E-state index in [1.54, 1.807) is 35.9 Å². The lowest BCUT2D eigenvalue weighted by molar-refractivity contribution is -0.384. The zero-order valence-electron chi connectivity index (χ0n) is 17.0. The Morgan fingerprint density at radius 1 is 1.39 bits per heavy atom. The predicted octanol–water partition coefficient (Wildman–Crippen LogP) is 4.43. The van der Waals surface area contributed by atoms with Crippen LogP contribution < -0.4 is 5.32 Å². The summed E-state index contributed by atoms with van der Waals surface area (Å²) in [6.07, 6.45) is 6.06. The number of benzene rings is 1. The molecule has 0 saturated carbocycles. The second-order valence-corrected chi connectivity index (χ2v) is 7.82. The van der Waals surface area contributed by atoms with Crippen molar-refractivity contribution in [2.24, 2.45) is 0 Å².